The van der Waals surface area contributed by atoms with Crippen molar-refractivity contribution in [3.8, 4) is 11.5 Å². The van der Waals surface area contributed by atoms with Crippen molar-refractivity contribution in [2.24, 2.45) is 5.14 Å². The number of halogens is 1. The van der Waals surface area contributed by atoms with Crippen LogP contribution in [0.2, 0.25) is 5.02 Å². The molecular weight excluding hydrogens is 460 g/mol. The lowest BCUT2D eigenvalue weighted by molar-refractivity contribution is 0.269. The highest BCUT2D eigenvalue weighted by Crippen LogP contribution is 2.37. The first kappa shape index (κ1) is 25.1. The molecule has 0 aliphatic rings. The van der Waals surface area contributed by atoms with E-state index in [-0.39, 0.29) is 4.90 Å². The molecule has 0 saturated carbocycles. The van der Waals surface area contributed by atoms with Crippen molar-refractivity contribution in [2.75, 3.05) is 13.2 Å². The van der Waals surface area contributed by atoms with E-state index < -0.39 is 10.0 Å². The van der Waals surface area contributed by atoms with Gasteiger partial charge in [0.15, 0.2) is 11.5 Å². The van der Waals surface area contributed by atoms with Crippen LogP contribution in [0.1, 0.15) is 29.2 Å². The van der Waals surface area contributed by atoms with Gasteiger partial charge in [0.2, 0.25) is 10.0 Å². The first-order valence-electron chi connectivity index (χ1n) is 10.7. The van der Waals surface area contributed by atoms with Crippen LogP contribution in [-0.4, -0.2) is 21.6 Å². The summed E-state index contributed by atoms with van der Waals surface area (Å²) in [6, 6.07) is 18.5. The third kappa shape index (κ3) is 7.47. The van der Waals surface area contributed by atoms with Gasteiger partial charge < -0.3 is 14.8 Å². The number of rotatable bonds is 11. The van der Waals surface area contributed by atoms with Gasteiger partial charge in [0.25, 0.3) is 0 Å². The molecule has 8 heteroatoms. The molecule has 0 spiro atoms. The van der Waals surface area contributed by atoms with Crippen molar-refractivity contribution in [2.45, 2.75) is 38.3 Å². The Morgan fingerprint density at radius 1 is 0.970 bits per heavy atom. The lowest BCUT2D eigenvalue weighted by Gasteiger charge is -2.16. The van der Waals surface area contributed by atoms with E-state index in [4.69, 9.17) is 26.2 Å². The standard InChI is InChI=1S/C25H29ClN2O4S/c1-3-31-24-15-21(14-23(26)25(24)32-17-20-6-4-5-18(2)13-20)16-28-12-11-19-7-9-22(10-8-19)33(27,29)30/h4-10,13-15,28H,3,11-12,16-17H2,1-2H3,(H2,27,29,30). The van der Waals surface area contributed by atoms with Gasteiger partial charge in [-0.25, -0.2) is 13.6 Å². The van der Waals surface area contributed by atoms with Crippen LogP contribution in [0.25, 0.3) is 0 Å². The van der Waals surface area contributed by atoms with Crippen molar-refractivity contribution in [3.05, 3.63) is 87.9 Å². The zero-order chi connectivity index (χ0) is 23.8. The molecule has 3 N–H and O–H groups in total. The molecule has 3 aromatic rings. The molecule has 0 amide bonds. The Morgan fingerprint density at radius 3 is 2.39 bits per heavy atom. The second kappa shape index (κ2) is 11.5. The number of primary sulfonamides is 1. The maximum atomic E-state index is 11.3. The van der Waals surface area contributed by atoms with Crippen LogP contribution in [0.4, 0.5) is 0 Å². The number of hydrogen-bond donors (Lipinski definition) is 2. The fourth-order valence-corrected chi connectivity index (χ4v) is 4.20. The topological polar surface area (TPSA) is 90.6 Å². The van der Waals surface area contributed by atoms with E-state index in [2.05, 4.69) is 11.4 Å². The molecule has 0 heterocycles. The van der Waals surface area contributed by atoms with Gasteiger partial charge in [0, 0.05) is 6.54 Å². The minimum absolute atomic E-state index is 0.113. The van der Waals surface area contributed by atoms with E-state index in [1.807, 2.05) is 44.2 Å². The van der Waals surface area contributed by atoms with E-state index in [1.54, 1.807) is 12.1 Å². The molecule has 0 aromatic heterocycles. The molecule has 0 atom stereocenters. The predicted octanol–water partition coefficient (Wildman–Crippen LogP) is 4.61. The van der Waals surface area contributed by atoms with Crippen molar-refractivity contribution in [3.63, 3.8) is 0 Å². The summed E-state index contributed by atoms with van der Waals surface area (Å²) in [6.45, 7) is 6.19. The van der Waals surface area contributed by atoms with E-state index in [0.717, 1.165) is 23.1 Å². The molecule has 0 aliphatic heterocycles. The van der Waals surface area contributed by atoms with Crippen LogP contribution in [-0.2, 0) is 29.6 Å². The summed E-state index contributed by atoms with van der Waals surface area (Å²) in [7, 11) is -3.67. The first-order valence-corrected chi connectivity index (χ1v) is 12.6. The Hall–Kier alpha value is -2.58. The van der Waals surface area contributed by atoms with Gasteiger partial charge in [-0.3, -0.25) is 0 Å². The Kier molecular flexibility index (Phi) is 8.74. The molecule has 0 unspecified atom stereocenters. The van der Waals surface area contributed by atoms with Crippen LogP contribution in [0.15, 0.2) is 65.6 Å². The second-order valence-corrected chi connectivity index (χ2v) is 9.70. The van der Waals surface area contributed by atoms with Crippen LogP contribution in [0.5, 0.6) is 11.5 Å². The monoisotopic (exact) mass is 488 g/mol. The van der Waals surface area contributed by atoms with Gasteiger partial charge in [0.05, 0.1) is 16.5 Å². The quantitative estimate of drug-likeness (QED) is 0.385. The summed E-state index contributed by atoms with van der Waals surface area (Å²) >= 11 is 6.54. The third-order valence-electron chi connectivity index (χ3n) is 5.01. The molecule has 0 bridgehead atoms. The smallest absolute Gasteiger partial charge is 0.238 e. The van der Waals surface area contributed by atoms with Gasteiger partial charge in [-0.15, -0.1) is 0 Å². The van der Waals surface area contributed by atoms with Gasteiger partial charge in [0.1, 0.15) is 6.61 Å². The summed E-state index contributed by atoms with van der Waals surface area (Å²) in [5, 5.41) is 9.01. The van der Waals surface area contributed by atoms with Crippen LogP contribution < -0.4 is 19.9 Å². The normalized spacial score (nSPS) is 11.4. The van der Waals surface area contributed by atoms with E-state index >= 15 is 0 Å². The average Bonchev–Trinajstić information content (AvgIpc) is 2.76. The number of sulfonamides is 1. The van der Waals surface area contributed by atoms with E-state index in [0.29, 0.717) is 42.8 Å². The van der Waals surface area contributed by atoms with Crippen molar-refractivity contribution in [1.82, 2.24) is 5.32 Å². The number of nitrogens with one attached hydrogen (secondary N) is 1. The Labute approximate surface area is 200 Å². The molecule has 0 aliphatic carbocycles. The van der Waals surface area contributed by atoms with Crippen molar-refractivity contribution in [1.29, 1.82) is 0 Å². The van der Waals surface area contributed by atoms with Crippen LogP contribution in [0, 0.1) is 6.92 Å². The number of ether oxygens (including phenoxy) is 2. The minimum atomic E-state index is -3.67. The Bertz CT molecular complexity index is 1180. The van der Waals surface area contributed by atoms with Crippen molar-refractivity contribution < 1.29 is 17.9 Å². The highest BCUT2D eigenvalue weighted by Gasteiger charge is 2.13. The van der Waals surface area contributed by atoms with Gasteiger partial charge in [-0.05, 0) is 67.8 Å². The molecule has 0 fully saturated rings. The van der Waals surface area contributed by atoms with E-state index in [9.17, 15) is 8.42 Å². The molecule has 33 heavy (non-hydrogen) atoms. The largest absolute Gasteiger partial charge is 0.490 e. The summed E-state index contributed by atoms with van der Waals surface area (Å²) in [6.07, 6.45) is 0.745. The van der Waals surface area contributed by atoms with Gasteiger partial charge in [-0.2, -0.15) is 0 Å². The molecule has 0 saturated heterocycles. The van der Waals surface area contributed by atoms with Crippen LogP contribution in [0.3, 0.4) is 0 Å². The van der Waals surface area contributed by atoms with Gasteiger partial charge >= 0.3 is 0 Å². The zero-order valence-corrected chi connectivity index (χ0v) is 20.4. The molecule has 6 nitrogen and oxygen atoms in total. The molecule has 0 radical (unpaired) electrons. The maximum absolute atomic E-state index is 11.3. The lowest BCUT2D eigenvalue weighted by Crippen LogP contribution is -2.17. The average molecular weight is 489 g/mol. The number of aryl methyl sites for hydroxylation is 1. The maximum Gasteiger partial charge on any atom is 0.238 e. The second-order valence-electron chi connectivity index (χ2n) is 7.73. The van der Waals surface area contributed by atoms with Crippen molar-refractivity contribution >= 4 is 21.6 Å². The molecule has 3 rings (SSSR count). The fraction of sp³-hybridized carbons (Fsp3) is 0.280. The summed E-state index contributed by atoms with van der Waals surface area (Å²) < 4.78 is 34.5. The summed E-state index contributed by atoms with van der Waals surface area (Å²) in [4.78, 5) is 0.113. The molecule has 3 aromatic carbocycles. The summed E-state index contributed by atoms with van der Waals surface area (Å²) in [5.41, 5.74) is 4.24. The van der Waals surface area contributed by atoms with E-state index in [1.165, 1.54) is 17.7 Å². The highest BCUT2D eigenvalue weighted by molar-refractivity contribution is 7.89. The van der Waals surface area contributed by atoms with Crippen LogP contribution >= 0.6 is 11.6 Å². The highest BCUT2D eigenvalue weighted by atomic mass is 35.5. The molecular formula is C25H29ClN2O4S. The lowest BCUT2D eigenvalue weighted by atomic mass is 10.1. The Morgan fingerprint density at radius 2 is 1.73 bits per heavy atom. The number of benzene rings is 3. The van der Waals surface area contributed by atoms with Gasteiger partial charge in [-0.1, -0.05) is 53.6 Å². The Balaban J connectivity index is 1.59. The minimum Gasteiger partial charge on any atom is -0.490 e. The number of hydrogen-bond acceptors (Lipinski definition) is 5. The summed E-state index contributed by atoms with van der Waals surface area (Å²) in [5.74, 6) is 1.16. The SMILES string of the molecule is CCOc1cc(CNCCc2ccc(S(N)(=O)=O)cc2)cc(Cl)c1OCc1cccc(C)c1. The predicted molar refractivity (Wildman–Crippen MR) is 131 cm³/mol. The number of nitrogens with two attached hydrogens (primary N) is 1. The third-order valence-corrected chi connectivity index (χ3v) is 6.22. The zero-order valence-electron chi connectivity index (χ0n) is 18.8. The fourth-order valence-electron chi connectivity index (χ4n) is 3.40. The first-order chi connectivity index (χ1) is 15.8. The molecule has 176 valence electrons.